The van der Waals surface area contributed by atoms with E-state index >= 15 is 0 Å². The van der Waals surface area contributed by atoms with E-state index in [2.05, 4.69) is 12.2 Å². The largest absolute Gasteiger partial charge is 0.326 e. The number of thiazole rings is 1. The SMILES string of the molecule is Cc1csc(=O)n1CCC(=O)Nc1ccc(S(=O)(=O)N2CCCC(C)C2)cc1. The molecule has 1 aliphatic rings. The van der Waals surface area contributed by atoms with Crippen molar-refractivity contribution in [3.05, 3.63) is 45.0 Å². The van der Waals surface area contributed by atoms with Gasteiger partial charge in [-0.05, 0) is 49.9 Å². The third kappa shape index (κ3) is 4.71. The number of sulfonamides is 1. The Kier molecular flexibility index (Phi) is 6.36. The molecule has 0 spiro atoms. The Labute approximate surface area is 169 Å². The van der Waals surface area contributed by atoms with Crippen LogP contribution in [0.2, 0.25) is 0 Å². The summed E-state index contributed by atoms with van der Waals surface area (Å²) in [5.41, 5.74) is 1.37. The first-order valence-electron chi connectivity index (χ1n) is 9.32. The second-order valence-electron chi connectivity index (χ2n) is 7.23. The van der Waals surface area contributed by atoms with Crippen molar-refractivity contribution in [1.29, 1.82) is 0 Å². The summed E-state index contributed by atoms with van der Waals surface area (Å²) in [5.74, 6) is 0.138. The van der Waals surface area contributed by atoms with Crippen molar-refractivity contribution in [2.75, 3.05) is 18.4 Å². The van der Waals surface area contributed by atoms with Gasteiger partial charge in [0.1, 0.15) is 0 Å². The topological polar surface area (TPSA) is 88.5 Å². The Hall–Kier alpha value is -1.97. The van der Waals surface area contributed by atoms with Crippen LogP contribution in [0.4, 0.5) is 5.69 Å². The number of aryl methyl sites for hydroxylation is 1. The number of carbonyl (C=O) groups is 1. The van der Waals surface area contributed by atoms with Crippen LogP contribution in [0.3, 0.4) is 0 Å². The van der Waals surface area contributed by atoms with Gasteiger partial charge in [0.25, 0.3) is 0 Å². The van der Waals surface area contributed by atoms with Crippen molar-refractivity contribution in [2.24, 2.45) is 5.92 Å². The molecule has 1 aliphatic heterocycles. The standard InChI is InChI=1S/C19H25N3O4S2/c1-14-4-3-10-21(12-14)28(25,26)17-7-5-16(6-8-17)20-18(23)9-11-22-15(2)13-27-19(22)24/h5-8,13-14H,3-4,9-12H2,1-2H3,(H,20,23). The van der Waals surface area contributed by atoms with Crippen molar-refractivity contribution in [1.82, 2.24) is 8.87 Å². The summed E-state index contributed by atoms with van der Waals surface area (Å²) in [4.78, 5) is 24.0. The first kappa shape index (κ1) is 20.8. The first-order valence-corrected chi connectivity index (χ1v) is 11.6. The zero-order chi connectivity index (χ0) is 20.3. The van der Waals surface area contributed by atoms with E-state index in [1.165, 1.54) is 16.4 Å². The minimum Gasteiger partial charge on any atom is -0.326 e. The van der Waals surface area contributed by atoms with Gasteiger partial charge in [0.2, 0.25) is 15.9 Å². The van der Waals surface area contributed by atoms with Crippen LogP contribution in [0.25, 0.3) is 0 Å². The van der Waals surface area contributed by atoms with Crippen LogP contribution in [-0.2, 0) is 21.4 Å². The zero-order valence-corrected chi connectivity index (χ0v) is 17.7. The minimum atomic E-state index is -3.51. The van der Waals surface area contributed by atoms with Gasteiger partial charge >= 0.3 is 4.87 Å². The lowest BCUT2D eigenvalue weighted by atomic mass is 10.0. The highest BCUT2D eigenvalue weighted by atomic mass is 32.2. The van der Waals surface area contributed by atoms with Crippen LogP contribution < -0.4 is 10.2 Å². The number of aromatic nitrogens is 1. The average Bonchev–Trinajstić information content (AvgIpc) is 2.98. The second kappa shape index (κ2) is 8.59. The monoisotopic (exact) mass is 423 g/mol. The fourth-order valence-corrected chi connectivity index (χ4v) is 5.69. The molecular weight excluding hydrogens is 398 g/mol. The Bertz CT molecular complexity index is 993. The van der Waals surface area contributed by atoms with Crippen LogP contribution in [0.15, 0.2) is 39.3 Å². The third-order valence-electron chi connectivity index (χ3n) is 4.93. The van der Waals surface area contributed by atoms with Gasteiger partial charge in [-0.2, -0.15) is 4.31 Å². The molecule has 2 aromatic rings. The molecule has 1 N–H and O–H groups in total. The summed E-state index contributed by atoms with van der Waals surface area (Å²) in [6.45, 7) is 5.30. The Balaban J connectivity index is 1.61. The molecule has 1 aromatic carbocycles. The van der Waals surface area contributed by atoms with E-state index < -0.39 is 10.0 Å². The number of hydrogen-bond donors (Lipinski definition) is 1. The third-order valence-corrected chi connectivity index (χ3v) is 7.69. The molecule has 0 aliphatic carbocycles. The maximum absolute atomic E-state index is 12.8. The normalized spacial score (nSPS) is 18.1. The lowest BCUT2D eigenvalue weighted by molar-refractivity contribution is -0.116. The van der Waals surface area contributed by atoms with Gasteiger partial charge in [-0.3, -0.25) is 9.59 Å². The number of amides is 1. The van der Waals surface area contributed by atoms with Crippen LogP contribution >= 0.6 is 11.3 Å². The predicted molar refractivity (Wildman–Crippen MR) is 110 cm³/mol. The molecule has 1 aromatic heterocycles. The first-order chi connectivity index (χ1) is 13.3. The van der Waals surface area contributed by atoms with E-state index in [0.29, 0.717) is 31.2 Å². The smallest absolute Gasteiger partial charge is 0.307 e. The molecule has 1 unspecified atom stereocenters. The number of nitrogens with one attached hydrogen (secondary N) is 1. The molecule has 2 heterocycles. The maximum Gasteiger partial charge on any atom is 0.307 e. The summed E-state index contributed by atoms with van der Waals surface area (Å²) in [6, 6.07) is 6.25. The van der Waals surface area contributed by atoms with E-state index in [1.807, 2.05) is 6.92 Å². The lowest BCUT2D eigenvalue weighted by Gasteiger charge is -2.30. The summed E-state index contributed by atoms with van der Waals surface area (Å²) >= 11 is 1.12. The number of nitrogens with zero attached hydrogens (tertiary/aromatic N) is 2. The molecule has 0 radical (unpaired) electrons. The number of anilines is 1. The van der Waals surface area contributed by atoms with Gasteiger partial charge in [0.05, 0.1) is 4.90 Å². The van der Waals surface area contributed by atoms with Crippen molar-refractivity contribution in [2.45, 2.75) is 44.6 Å². The number of hydrogen-bond acceptors (Lipinski definition) is 5. The number of benzene rings is 1. The molecule has 0 bridgehead atoms. The summed E-state index contributed by atoms with van der Waals surface area (Å²) in [6.07, 6.45) is 2.10. The molecular formula is C19H25N3O4S2. The number of rotatable bonds is 6. The lowest BCUT2D eigenvalue weighted by Crippen LogP contribution is -2.39. The molecule has 28 heavy (non-hydrogen) atoms. The Morgan fingerprint density at radius 1 is 1.29 bits per heavy atom. The highest BCUT2D eigenvalue weighted by Crippen LogP contribution is 2.24. The molecule has 1 fully saturated rings. The second-order valence-corrected chi connectivity index (χ2v) is 9.99. The number of carbonyl (C=O) groups excluding carboxylic acids is 1. The van der Waals surface area contributed by atoms with Crippen LogP contribution in [0.5, 0.6) is 0 Å². The van der Waals surface area contributed by atoms with Gasteiger partial charge in [0, 0.05) is 42.8 Å². The molecule has 0 saturated carbocycles. The molecule has 3 rings (SSSR count). The molecule has 9 heteroatoms. The molecule has 1 saturated heterocycles. The van der Waals surface area contributed by atoms with E-state index in [1.54, 1.807) is 22.1 Å². The highest BCUT2D eigenvalue weighted by Gasteiger charge is 2.28. The Morgan fingerprint density at radius 3 is 2.61 bits per heavy atom. The maximum atomic E-state index is 12.8. The summed E-state index contributed by atoms with van der Waals surface area (Å²) in [7, 11) is -3.51. The van der Waals surface area contributed by atoms with Crippen LogP contribution in [0, 0.1) is 12.8 Å². The molecule has 7 nitrogen and oxygen atoms in total. The zero-order valence-electron chi connectivity index (χ0n) is 16.1. The van der Waals surface area contributed by atoms with Gasteiger partial charge < -0.3 is 9.88 Å². The van der Waals surface area contributed by atoms with E-state index in [0.717, 1.165) is 29.9 Å². The molecule has 1 amide bonds. The van der Waals surface area contributed by atoms with Crippen molar-refractivity contribution in [3.63, 3.8) is 0 Å². The number of piperidine rings is 1. The quantitative estimate of drug-likeness (QED) is 0.774. The summed E-state index contributed by atoms with van der Waals surface area (Å²) < 4.78 is 28.6. The van der Waals surface area contributed by atoms with Crippen molar-refractivity contribution < 1.29 is 13.2 Å². The van der Waals surface area contributed by atoms with Crippen LogP contribution in [0.1, 0.15) is 31.9 Å². The van der Waals surface area contributed by atoms with Crippen molar-refractivity contribution >= 4 is 33.0 Å². The predicted octanol–water partition coefficient (Wildman–Crippen LogP) is 2.67. The fourth-order valence-electron chi connectivity index (χ4n) is 3.34. The van der Waals surface area contributed by atoms with Crippen LogP contribution in [-0.4, -0.2) is 36.3 Å². The fraction of sp³-hybridized carbons (Fsp3) is 0.474. The van der Waals surface area contributed by atoms with Gasteiger partial charge in [0.15, 0.2) is 0 Å². The van der Waals surface area contributed by atoms with Crippen molar-refractivity contribution in [3.8, 4) is 0 Å². The van der Waals surface area contributed by atoms with Gasteiger partial charge in [-0.25, -0.2) is 8.42 Å². The van der Waals surface area contributed by atoms with E-state index in [-0.39, 0.29) is 22.1 Å². The van der Waals surface area contributed by atoms with Gasteiger partial charge in [-0.15, -0.1) is 0 Å². The molecule has 152 valence electrons. The highest BCUT2D eigenvalue weighted by molar-refractivity contribution is 7.89. The van der Waals surface area contributed by atoms with Gasteiger partial charge in [-0.1, -0.05) is 18.3 Å². The van der Waals surface area contributed by atoms with E-state index in [9.17, 15) is 18.0 Å². The Morgan fingerprint density at radius 2 is 2.00 bits per heavy atom. The van der Waals surface area contributed by atoms with E-state index in [4.69, 9.17) is 0 Å². The minimum absolute atomic E-state index is 0.0770. The summed E-state index contributed by atoms with van der Waals surface area (Å²) in [5, 5.41) is 4.52. The average molecular weight is 424 g/mol. The molecule has 1 atom stereocenters.